The predicted molar refractivity (Wildman–Crippen MR) is 125 cm³/mol. The van der Waals surface area contributed by atoms with Crippen molar-refractivity contribution in [1.82, 2.24) is 4.31 Å². The first-order valence-electron chi connectivity index (χ1n) is 9.95. The molecule has 0 heterocycles. The molecule has 0 radical (unpaired) electrons. The van der Waals surface area contributed by atoms with Gasteiger partial charge in [0, 0.05) is 24.3 Å². The minimum Gasteiger partial charge on any atom is -0.322 e. The molecule has 31 heavy (non-hydrogen) atoms. The van der Waals surface area contributed by atoms with Crippen molar-refractivity contribution in [2.24, 2.45) is 0 Å². The second kappa shape index (κ2) is 9.73. The molecule has 0 aromatic heterocycles. The molecule has 0 saturated carbocycles. The molecule has 160 valence electrons. The Morgan fingerprint density at radius 1 is 0.968 bits per heavy atom. The molecule has 3 aromatic rings. The third-order valence-corrected chi connectivity index (χ3v) is 6.88. The molecule has 5 nitrogen and oxygen atoms in total. The highest BCUT2D eigenvalue weighted by molar-refractivity contribution is 7.89. The molecule has 0 aliphatic heterocycles. The lowest BCUT2D eigenvalue weighted by atomic mass is 10.1. The summed E-state index contributed by atoms with van der Waals surface area (Å²) in [6.45, 7) is 8.07. The summed E-state index contributed by atoms with van der Waals surface area (Å²) < 4.78 is 27.3. The van der Waals surface area contributed by atoms with Crippen molar-refractivity contribution in [1.29, 1.82) is 0 Å². The van der Waals surface area contributed by atoms with E-state index in [1.165, 1.54) is 4.31 Å². The molecule has 3 aromatic carbocycles. The number of nitrogens with zero attached hydrogens (tertiary/aromatic N) is 1. The summed E-state index contributed by atoms with van der Waals surface area (Å²) in [7, 11) is -3.65. The number of nitrogens with one attached hydrogen (secondary N) is 1. The van der Waals surface area contributed by atoms with Gasteiger partial charge >= 0.3 is 0 Å². The monoisotopic (exact) mass is 434 g/mol. The number of sulfonamides is 1. The summed E-state index contributed by atoms with van der Waals surface area (Å²) in [4.78, 5) is 12.8. The van der Waals surface area contributed by atoms with E-state index in [0.29, 0.717) is 5.56 Å². The molecule has 0 bridgehead atoms. The van der Waals surface area contributed by atoms with E-state index in [2.05, 4.69) is 11.9 Å². The van der Waals surface area contributed by atoms with Crippen LogP contribution in [0.15, 0.2) is 90.3 Å². The summed E-state index contributed by atoms with van der Waals surface area (Å²) >= 11 is 0. The Hall–Kier alpha value is -3.22. The van der Waals surface area contributed by atoms with E-state index in [1.807, 2.05) is 32.0 Å². The van der Waals surface area contributed by atoms with Gasteiger partial charge in [-0.15, -0.1) is 6.58 Å². The summed E-state index contributed by atoms with van der Waals surface area (Å²) in [5, 5.41) is 2.89. The van der Waals surface area contributed by atoms with Gasteiger partial charge in [0.1, 0.15) is 0 Å². The number of carbonyl (C=O) groups excluding carboxylic acids is 1. The van der Waals surface area contributed by atoms with Crippen LogP contribution in [0.2, 0.25) is 0 Å². The van der Waals surface area contributed by atoms with Gasteiger partial charge in [0.2, 0.25) is 10.0 Å². The Labute approximate surface area is 184 Å². The van der Waals surface area contributed by atoms with E-state index in [1.54, 1.807) is 60.7 Å². The average molecular weight is 435 g/mol. The van der Waals surface area contributed by atoms with Crippen LogP contribution in [0.5, 0.6) is 0 Å². The third-order valence-electron chi connectivity index (χ3n) is 5.05. The molecule has 0 fully saturated rings. The molecular weight excluding hydrogens is 408 g/mol. The molecule has 1 N–H and O–H groups in total. The first-order chi connectivity index (χ1) is 14.8. The highest BCUT2D eigenvalue weighted by Crippen LogP contribution is 2.19. The van der Waals surface area contributed by atoms with Gasteiger partial charge in [-0.05, 0) is 66.9 Å². The Morgan fingerprint density at radius 2 is 1.65 bits per heavy atom. The molecule has 0 atom stereocenters. The summed E-state index contributed by atoms with van der Waals surface area (Å²) in [6.07, 6.45) is 1.56. The highest BCUT2D eigenvalue weighted by atomic mass is 32.2. The number of benzene rings is 3. The lowest BCUT2D eigenvalue weighted by Gasteiger charge is -2.21. The van der Waals surface area contributed by atoms with E-state index in [0.717, 1.165) is 22.4 Å². The topological polar surface area (TPSA) is 66.5 Å². The van der Waals surface area contributed by atoms with Crippen molar-refractivity contribution < 1.29 is 13.2 Å². The van der Waals surface area contributed by atoms with Crippen LogP contribution in [-0.4, -0.2) is 25.2 Å². The van der Waals surface area contributed by atoms with Crippen LogP contribution in [0, 0.1) is 13.8 Å². The van der Waals surface area contributed by atoms with Crippen molar-refractivity contribution in [3.05, 3.63) is 108 Å². The van der Waals surface area contributed by atoms with Gasteiger partial charge in [-0.3, -0.25) is 4.79 Å². The fourth-order valence-electron chi connectivity index (χ4n) is 3.12. The number of hydrogen-bond donors (Lipinski definition) is 1. The van der Waals surface area contributed by atoms with Gasteiger partial charge in [0.05, 0.1) is 4.90 Å². The van der Waals surface area contributed by atoms with Crippen molar-refractivity contribution in [3.63, 3.8) is 0 Å². The Balaban J connectivity index is 1.74. The molecule has 0 aliphatic rings. The van der Waals surface area contributed by atoms with Crippen LogP contribution in [0.1, 0.15) is 27.0 Å². The predicted octanol–water partition coefficient (Wildman–Crippen LogP) is 4.93. The first-order valence-corrected chi connectivity index (χ1v) is 11.4. The summed E-state index contributed by atoms with van der Waals surface area (Å²) in [5.41, 5.74) is 4.29. The standard InChI is InChI=1S/C25H26N2O3S/c1-4-16-27(31(29,30)24-8-6-5-7-9-24)18-21-11-13-22(14-12-21)25(28)26-23-15-10-19(2)20(3)17-23/h4-15,17H,1,16,18H2,2-3H3,(H,26,28). The largest absolute Gasteiger partial charge is 0.322 e. The summed E-state index contributed by atoms with van der Waals surface area (Å²) in [6, 6.07) is 21.0. The molecular formula is C25H26N2O3S. The fraction of sp³-hybridized carbons (Fsp3) is 0.160. The van der Waals surface area contributed by atoms with Crippen LogP contribution >= 0.6 is 0 Å². The van der Waals surface area contributed by atoms with Crippen molar-refractivity contribution in [2.45, 2.75) is 25.3 Å². The number of carbonyl (C=O) groups is 1. The van der Waals surface area contributed by atoms with E-state index < -0.39 is 10.0 Å². The quantitative estimate of drug-likeness (QED) is 0.511. The van der Waals surface area contributed by atoms with Crippen LogP contribution in [0.3, 0.4) is 0 Å². The van der Waals surface area contributed by atoms with E-state index in [9.17, 15) is 13.2 Å². The van der Waals surface area contributed by atoms with Crippen LogP contribution in [0.25, 0.3) is 0 Å². The van der Waals surface area contributed by atoms with E-state index >= 15 is 0 Å². The van der Waals surface area contributed by atoms with E-state index in [-0.39, 0.29) is 23.9 Å². The maximum Gasteiger partial charge on any atom is 0.255 e. The minimum atomic E-state index is -3.65. The molecule has 0 unspecified atom stereocenters. The maximum absolute atomic E-state index is 13.0. The van der Waals surface area contributed by atoms with Gasteiger partial charge in [-0.2, -0.15) is 4.31 Å². The SMILES string of the molecule is C=CCN(Cc1ccc(C(=O)Nc2ccc(C)c(C)c2)cc1)S(=O)(=O)c1ccccc1. The number of rotatable bonds is 8. The number of amides is 1. The van der Waals surface area contributed by atoms with Crippen molar-refractivity contribution in [3.8, 4) is 0 Å². The highest BCUT2D eigenvalue weighted by Gasteiger charge is 2.23. The Morgan fingerprint density at radius 3 is 2.26 bits per heavy atom. The van der Waals surface area contributed by atoms with Crippen LogP contribution in [-0.2, 0) is 16.6 Å². The van der Waals surface area contributed by atoms with Gasteiger partial charge < -0.3 is 5.32 Å². The molecule has 0 saturated heterocycles. The maximum atomic E-state index is 13.0. The molecule has 0 aliphatic carbocycles. The Kier molecular flexibility index (Phi) is 7.05. The zero-order valence-electron chi connectivity index (χ0n) is 17.7. The lowest BCUT2D eigenvalue weighted by Crippen LogP contribution is -2.30. The normalized spacial score (nSPS) is 11.3. The van der Waals surface area contributed by atoms with Gasteiger partial charge in [0.15, 0.2) is 0 Å². The molecule has 0 spiro atoms. The second-order valence-electron chi connectivity index (χ2n) is 7.35. The third kappa shape index (κ3) is 5.48. The van der Waals surface area contributed by atoms with Crippen molar-refractivity contribution >= 4 is 21.6 Å². The zero-order valence-corrected chi connectivity index (χ0v) is 18.5. The minimum absolute atomic E-state index is 0.183. The average Bonchev–Trinajstić information content (AvgIpc) is 2.77. The zero-order chi connectivity index (χ0) is 22.4. The molecule has 1 amide bonds. The van der Waals surface area contributed by atoms with Gasteiger partial charge in [-0.1, -0.05) is 42.5 Å². The van der Waals surface area contributed by atoms with Crippen molar-refractivity contribution in [2.75, 3.05) is 11.9 Å². The second-order valence-corrected chi connectivity index (χ2v) is 9.29. The smallest absolute Gasteiger partial charge is 0.255 e. The lowest BCUT2D eigenvalue weighted by molar-refractivity contribution is 0.102. The Bertz CT molecular complexity index is 1170. The van der Waals surface area contributed by atoms with Crippen LogP contribution < -0.4 is 5.32 Å². The number of hydrogen-bond acceptors (Lipinski definition) is 3. The van der Waals surface area contributed by atoms with E-state index in [4.69, 9.17) is 0 Å². The molecule has 6 heteroatoms. The van der Waals surface area contributed by atoms with Gasteiger partial charge in [-0.25, -0.2) is 8.42 Å². The number of aryl methyl sites for hydroxylation is 2. The number of anilines is 1. The van der Waals surface area contributed by atoms with Gasteiger partial charge in [0.25, 0.3) is 5.91 Å². The van der Waals surface area contributed by atoms with Crippen LogP contribution in [0.4, 0.5) is 5.69 Å². The fourth-order valence-corrected chi connectivity index (χ4v) is 4.54. The first kappa shape index (κ1) is 22.5. The summed E-state index contributed by atoms with van der Waals surface area (Å²) in [5.74, 6) is -0.213. The molecule has 3 rings (SSSR count).